The smallest absolute Gasteiger partial charge is 0.407 e. The Morgan fingerprint density at radius 3 is 2.20 bits per heavy atom. The number of carboxylic acid groups (broad SMARTS) is 1. The summed E-state index contributed by atoms with van der Waals surface area (Å²) in [5.74, 6) is -1.19. The summed E-state index contributed by atoms with van der Waals surface area (Å²) >= 11 is 0. The van der Waals surface area contributed by atoms with Crippen LogP contribution in [0.2, 0.25) is 0 Å². The van der Waals surface area contributed by atoms with E-state index in [2.05, 4.69) is 27.4 Å². The molecular weight excluding hydrogens is 382 g/mol. The van der Waals surface area contributed by atoms with Gasteiger partial charge in [-0.3, -0.25) is 0 Å². The van der Waals surface area contributed by atoms with Gasteiger partial charge in [0.1, 0.15) is 19.0 Å². The maximum Gasteiger partial charge on any atom is 0.407 e. The van der Waals surface area contributed by atoms with Crippen molar-refractivity contribution in [2.24, 2.45) is 0 Å². The summed E-state index contributed by atoms with van der Waals surface area (Å²) in [5, 5.41) is 11.9. The van der Waals surface area contributed by atoms with Gasteiger partial charge in [0.15, 0.2) is 0 Å². The fraction of sp³-hybridized carbons (Fsp3) is 0.217. The minimum Gasteiger partial charge on any atom is -0.480 e. The van der Waals surface area contributed by atoms with Crippen molar-refractivity contribution in [1.29, 1.82) is 0 Å². The first kappa shape index (κ1) is 19.6. The number of fused-ring (bicyclic) bond motifs is 3. The van der Waals surface area contributed by atoms with Crippen LogP contribution in [0.25, 0.3) is 11.1 Å². The van der Waals surface area contributed by atoms with Crippen molar-refractivity contribution < 1.29 is 19.4 Å². The molecule has 0 saturated heterocycles. The van der Waals surface area contributed by atoms with Gasteiger partial charge in [-0.15, -0.1) is 0 Å². The average molecular weight is 403 g/mol. The van der Waals surface area contributed by atoms with E-state index in [1.54, 1.807) is 12.4 Å². The van der Waals surface area contributed by atoms with E-state index in [0.29, 0.717) is 6.42 Å². The molecule has 0 fully saturated rings. The lowest BCUT2D eigenvalue weighted by Crippen LogP contribution is -2.41. The molecule has 3 aromatic rings. The number of carboxylic acids is 1. The number of hydrogen-bond donors (Lipinski definition) is 2. The molecule has 7 nitrogen and oxygen atoms in total. The fourth-order valence-electron chi connectivity index (χ4n) is 3.81. The van der Waals surface area contributed by atoms with Gasteiger partial charge in [0, 0.05) is 18.3 Å². The standard InChI is InChI=1S/C23H21N3O4/c27-22(28)21(10-9-15-11-24-14-25-12-15)26-23(29)30-13-20-18-7-3-1-5-16(18)17-6-2-4-8-19(17)20/h1-8,11-12,14,20-21H,9-10,13H2,(H,26,29)(H,27,28)/t21-/m1/s1. The Bertz CT molecular complexity index is 1010. The highest BCUT2D eigenvalue weighted by molar-refractivity contribution is 5.81. The number of nitrogens with one attached hydrogen (secondary N) is 1. The number of aromatic nitrogens is 2. The van der Waals surface area contributed by atoms with Crippen molar-refractivity contribution in [3.63, 3.8) is 0 Å². The molecule has 0 bridgehead atoms. The van der Waals surface area contributed by atoms with Crippen LogP contribution in [-0.2, 0) is 16.0 Å². The zero-order chi connectivity index (χ0) is 20.9. The van der Waals surface area contributed by atoms with E-state index in [-0.39, 0.29) is 18.9 Å². The third-order valence-electron chi connectivity index (χ3n) is 5.27. The molecule has 0 saturated carbocycles. The molecule has 4 rings (SSSR count). The molecule has 0 radical (unpaired) electrons. The van der Waals surface area contributed by atoms with Crippen LogP contribution in [0.15, 0.2) is 67.3 Å². The third kappa shape index (κ3) is 4.15. The minimum atomic E-state index is -1.11. The quantitative estimate of drug-likeness (QED) is 0.627. The number of hydrogen-bond acceptors (Lipinski definition) is 5. The molecule has 0 spiro atoms. The molecule has 7 heteroatoms. The second-order valence-electron chi connectivity index (χ2n) is 7.15. The SMILES string of the molecule is O=C(N[C@H](CCc1cncnc1)C(=O)O)OCC1c2ccccc2-c2ccccc21. The summed E-state index contributed by atoms with van der Waals surface area (Å²) in [5.41, 5.74) is 5.28. The Morgan fingerprint density at radius 1 is 1.00 bits per heavy atom. The summed E-state index contributed by atoms with van der Waals surface area (Å²) in [6.45, 7) is 0.138. The van der Waals surface area contributed by atoms with E-state index in [9.17, 15) is 14.7 Å². The van der Waals surface area contributed by atoms with Crippen molar-refractivity contribution in [3.05, 3.63) is 83.9 Å². The highest BCUT2D eigenvalue weighted by Gasteiger charge is 2.29. The average Bonchev–Trinajstić information content (AvgIpc) is 3.09. The molecule has 0 aliphatic heterocycles. The molecule has 1 aliphatic carbocycles. The predicted molar refractivity (Wildman–Crippen MR) is 110 cm³/mol. The normalized spacial score (nSPS) is 13.2. The lowest BCUT2D eigenvalue weighted by Gasteiger charge is -2.17. The monoisotopic (exact) mass is 403 g/mol. The van der Waals surface area contributed by atoms with Crippen LogP contribution in [0, 0.1) is 0 Å². The minimum absolute atomic E-state index is 0.0760. The molecular formula is C23H21N3O4. The fourth-order valence-corrected chi connectivity index (χ4v) is 3.81. The maximum absolute atomic E-state index is 12.3. The number of carbonyl (C=O) groups excluding carboxylic acids is 1. The molecule has 2 N–H and O–H groups in total. The van der Waals surface area contributed by atoms with E-state index in [0.717, 1.165) is 27.8 Å². The van der Waals surface area contributed by atoms with Gasteiger partial charge in [-0.05, 0) is 40.7 Å². The highest BCUT2D eigenvalue weighted by atomic mass is 16.5. The van der Waals surface area contributed by atoms with Crippen LogP contribution in [0.5, 0.6) is 0 Å². The number of rotatable bonds is 7. The maximum atomic E-state index is 12.3. The van der Waals surface area contributed by atoms with Gasteiger partial charge in [-0.2, -0.15) is 0 Å². The van der Waals surface area contributed by atoms with E-state index in [1.165, 1.54) is 6.33 Å². The zero-order valence-electron chi connectivity index (χ0n) is 16.2. The first-order chi connectivity index (χ1) is 14.6. The second-order valence-corrected chi connectivity index (χ2v) is 7.15. The van der Waals surface area contributed by atoms with Gasteiger partial charge in [-0.1, -0.05) is 48.5 Å². The van der Waals surface area contributed by atoms with Crippen LogP contribution in [0.3, 0.4) is 0 Å². The Hall–Kier alpha value is -3.74. The second kappa shape index (κ2) is 8.73. The summed E-state index contributed by atoms with van der Waals surface area (Å²) in [6, 6.07) is 15.0. The number of aryl methyl sites for hydroxylation is 1. The Balaban J connectivity index is 1.38. The number of nitrogens with zero attached hydrogens (tertiary/aromatic N) is 2. The first-order valence-electron chi connectivity index (χ1n) is 9.71. The van der Waals surface area contributed by atoms with E-state index >= 15 is 0 Å². The zero-order valence-corrected chi connectivity index (χ0v) is 16.2. The molecule has 1 amide bonds. The van der Waals surface area contributed by atoms with Gasteiger partial charge in [0.05, 0.1) is 0 Å². The first-order valence-corrected chi connectivity index (χ1v) is 9.71. The van der Waals surface area contributed by atoms with E-state index in [1.807, 2.05) is 36.4 Å². The molecule has 1 aromatic heterocycles. The van der Waals surface area contributed by atoms with Crippen molar-refractivity contribution in [2.45, 2.75) is 24.8 Å². The van der Waals surface area contributed by atoms with Crippen LogP contribution in [-0.4, -0.2) is 39.8 Å². The lowest BCUT2D eigenvalue weighted by atomic mass is 9.98. The predicted octanol–water partition coefficient (Wildman–Crippen LogP) is 3.40. The van der Waals surface area contributed by atoms with Gasteiger partial charge in [-0.25, -0.2) is 19.6 Å². The van der Waals surface area contributed by atoms with Crippen LogP contribution < -0.4 is 5.32 Å². The molecule has 0 unspecified atom stereocenters. The van der Waals surface area contributed by atoms with E-state index < -0.39 is 18.1 Å². The number of benzene rings is 2. The summed E-state index contributed by atoms with van der Waals surface area (Å²) in [7, 11) is 0. The van der Waals surface area contributed by atoms with Crippen LogP contribution in [0.1, 0.15) is 29.0 Å². The number of alkyl carbamates (subject to hydrolysis) is 1. The number of ether oxygens (including phenoxy) is 1. The largest absolute Gasteiger partial charge is 0.480 e. The topological polar surface area (TPSA) is 101 Å². The Morgan fingerprint density at radius 2 is 1.60 bits per heavy atom. The van der Waals surface area contributed by atoms with Crippen molar-refractivity contribution in [3.8, 4) is 11.1 Å². The number of carbonyl (C=O) groups is 2. The van der Waals surface area contributed by atoms with Gasteiger partial charge in [0.25, 0.3) is 0 Å². The van der Waals surface area contributed by atoms with Gasteiger partial charge in [0.2, 0.25) is 0 Å². The summed E-state index contributed by atoms with van der Waals surface area (Å²) < 4.78 is 5.43. The van der Waals surface area contributed by atoms with Crippen molar-refractivity contribution in [1.82, 2.24) is 15.3 Å². The van der Waals surface area contributed by atoms with Crippen LogP contribution in [0.4, 0.5) is 4.79 Å². The molecule has 1 atom stereocenters. The molecule has 1 aliphatic rings. The molecule has 152 valence electrons. The van der Waals surface area contributed by atoms with Crippen molar-refractivity contribution in [2.75, 3.05) is 6.61 Å². The van der Waals surface area contributed by atoms with E-state index in [4.69, 9.17) is 4.74 Å². The summed E-state index contributed by atoms with van der Waals surface area (Å²) in [4.78, 5) is 31.7. The molecule has 1 heterocycles. The lowest BCUT2D eigenvalue weighted by molar-refractivity contribution is -0.139. The Labute approximate surface area is 173 Å². The van der Waals surface area contributed by atoms with Gasteiger partial charge < -0.3 is 15.2 Å². The van der Waals surface area contributed by atoms with Gasteiger partial charge >= 0.3 is 12.1 Å². The van der Waals surface area contributed by atoms with Crippen molar-refractivity contribution >= 4 is 12.1 Å². The number of aliphatic carboxylic acids is 1. The molecule has 30 heavy (non-hydrogen) atoms. The Kier molecular flexibility index (Phi) is 5.70. The third-order valence-corrected chi connectivity index (χ3v) is 5.27. The molecule has 2 aromatic carbocycles. The number of amides is 1. The highest BCUT2D eigenvalue weighted by Crippen LogP contribution is 2.44. The summed E-state index contributed by atoms with van der Waals surface area (Å²) in [6.07, 6.45) is 4.56. The van der Waals surface area contributed by atoms with Crippen LogP contribution >= 0.6 is 0 Å².